The smallest absolute Gasteiger partial charge is 0.161 e. The number of nitrogens with one attached hydrogen (secondary N) is 1. The minimum atomic E-state index is 0.476. The summed E-state index contributed by atoms with van der Waals surface area (Å²) in [5, 5.41) is 0.982. The molecule has 0 radical (unpaired) electrons. The van der Waals surface area contributed by atoms with E-state index < -0.39 is 0 Å². The molecule has 0 amide bonds. The summed E-state index contributed by atoms with van der Waals surface area (Å²) >= 11 is 12.0. The molecule has 2 aromatic rings. The van der Waals surface area contributed by atoms with Crippen LogP contribution in [0.5, 0.6) is 0 Å². The highest BCUT2D eigenvalue weighted by Crippen LogP contribution is 2.27. The molecule has 0 atom stereocenters. The van der Waals surface area contributed by atoms with Crippen molar-refractivity contribution < 1.29 is 0 Å². The third kappa shape index (κ3) is 3.60. The van der Waals surface area contributed by atoms with Crippen LogP contribution >= 0.6 is 23.2 Å². The lowest BCUT2D eigenvalue weighted by atomic mass is 10.1. The lowest BCUT2D eigenvalue weighted by Gasteiger charge is -2.10. The van der Waals surface area contributed by atoms with Gasteiger partial charge in [0.2, 0.25) is 0 Å². The van der Waals surface area contributed by atoms with Crippen LogP contribution in [-0.2, 0) is 6.42 Å². The van der Waals surface area contributed by atoms with Crippen LogP contribution in [0, 0.1) is 5.92 Å². The summed E-state index contributed by atoms with van der Waals surface area (Å²) in [7, 11) is 0. The van der Waals surface area contributed by atoms with Crippen molar-refractivity contribution in [2.75, 3.05) is 5.43 Å². The molecule has 0 aliphatic rings. The van der Waals surface area contributed by atoms with Gasteiger partial charge in [0.05, 0.1) is 10.0 Å². The number of hydrazine groups is 1. The summed E-state index contributed by atoms with van der Waals surface area (Å²) in [5.41, 5.74) is 4.31. The molecule has 4 nitrogen and oxygen atoms in total. The molecule has 1 aromatic heterocycles. The first-order valence-electron chi connectivity index (χ1n) is 6.29. The Hall–Kier alpha value is -1.36. The molecule has 0 unspecified atom stereocenters. The average molecular weight is 311 g/mol. The number of hydrogen-bond donors (Lipinski definition) is 2. The second-order valence-electron chi connectivity index (χ2n) is 4.94. The second kappa shape index (κ2) is 6.39. The number of halogens is 2. The van der Waals surface area contributed by atoms with Gasteiger partial charge in [-0.3, -0.25) is 0 Å². The molecule has 0 aliphatic heterocycles. The third-order valence-corrected chi connectivity index (χ3v) is 3.46. The van der Waals surface area contributed by atoms with E-state index in [9.17, 15) is 0 Å². The quantitative estimate of drug-likeness (QED) is 0.663. The molecule has 0 spiro atoms. The molecule has 1 aromatic carbocycles. The fraction of sp³-hybridized carbons (Fsp3) is 0.286. The molecule has 1 heterocycles. The van der Waals surface area contributed by atoms with Gasteiger partial charge in [-0.05, 0) is 30.5 Å². The van der Waals surface area contributed by atoms with Crippen molar-refractivity contribution in [2.24, 2.45) is 11.8 Å². The van der Waals surface area contributed by atoms with Gasteiger partial charge in [-0.1, -0.05) is 37.0 Å². The van der Waals surface area contributed by atoms with Crippen LogP contribution in [0.1, 0.15) is 19.5 Å². The Bertz CT molecular complexity index is 614. The molecule has 6 heteroatoms. The van der Waals surface area contributed by atoms with E-state index >= 15 is 0 Å². The molecule has 0 saturated carbocycles. The highest BCUT2D eigenvalue weighted by Gasteiger charge is 2.09. The van der Waals surface area contributed by atoms with E-state index in [0.29, 0.717) is 27.6 Å². The van der Waals surface area contributed by atoms with Gasteiger partial charge >= 0.3 is 0 Å². The predicted octanol–water partition coefficient (Wildman–Crippen LogP) is 3.93. The third-order valence-electron chi connectivity index (χ3n) is 2.72. The van der Waals surface area contributed by atoms with Crippen LogP contribution in [0.15, 0.2) is 24.3 Å². The number of anilines is 1. The fourth-order valence-corrected chi connectivity index (χ4v) is 2.16. The Morgan fingerprint density at radius 2 is 1.90 bits per heavy atom. The molecule has 106 valence electrons. The minimum Gasteiger partial charge on any atom is -0.308 e. The Morgan fingerprint density at radius 3 is 2.50 bits per heavy atom. The van der Waals surface area contributed by atoms with Gasteiger partial charge in [0.1, 0.15) is 5.82 Å². The van der Waals surface area contributed by atoms with E-state index in [1.807, 2.05) is 12.1 Å². The molecular weight excluding hydrogens is 295 g/mol. The molecule has 0 fully saturated rings. The van der Waals surface area contributed by atoms with Crippen LogP contribution in [0.25, 0.3) is 11.4 Å². The maximum atomic E-state index is 6.03. The zero-order valence-corrected chi connectivity index (χ0v) is 12.8. The van der Waals surface area contributed by atoms with Gasteiger partial charge < -0.3 is 5.43 Å². The largest absolute Gasteiger partial charge is 0.308 e. The van der Waals surface area contributed by atoms with E-state index in [1.54, 1.807) is 12.1 Å². The molecule has 0 aliphatic carbocycles. The number of aromatic nitrogens is 2. The van der Waals surface area contributed by atoms with Gasteiger partial charge in [0.15, 0.2) is 5.82 Å². The first-order chi connectivity index (χ1) is 9.49. The SMILES string of the molecule is CC(C)Cc1cc(NN)nc(-c2ccc(Cl)c(Cl)c2)n1. The minimum absolute atomic E-state index is 0.476. The summed E-state index contributed by atoms with van der Waals surface area (Å²) in [4.78, 5) is 8.91. The topological polar surface area (TPSA) is 63.8 Å². The first-order valence-corrected chi connectivity index (χ1v) is 7.05. The standard InChI is InChI=1S/C14H16Cl2N4/c1-8(2)5-10-7-13(20-17)19-14(18-10)9-3-4-11(15)12(16)6-9/h3-4,6-8H,5,17H2,1-2H3,(H,18,19,20). The van der Waals surface area contributed by atoms with Gasteiger partial charge in [-0.15, -0.1) is 0 Å². The van der Waals surface area contributed by atoms with Crippen LogP contribution in [0.2, 0.25) is 10.0 Å². The maximum Gasteiger partial charge on any atom is 0.161 e. The average Bonchev–Trinajstić information content (AvgIpc) is 2.40. The van der Waals surface area contributed by atoms with E-state index in [1.165, 1.54) is 0 Å². The zero-order chi connectivity index (χ0) is 14.7. The molecule has 20 heavy (non-hydrogen) atoms. The van der Waals surface area contributed by atoms with Crippen LogP contribution in [0.3, 0.4) is 0 Å². The Kier molecular flexibility index (Phi) is 4.81. The van der Waals surface area contributed by atoms with Gasteiger partial charge in [0, 0.05) is 17.3 Å². The number of hydrogen-bond acceptors (Lipinski definition) is 4. The van der Waals surface area contributed by atoms with E-state index in [4.69, 9.17) is 29.0 Å². The summed E-state index contributed by atoms with van der Waals surface area (Å²) in [6.07, 6.45) is 0.853. The summed E-state index contributed by atoms with van der Waals surface area (Å²) in [6, 6.07) is 7.16. The fourth-order valence-electron chi connectivity index (χ4n) is 1.86. The molecule has 2 rings (SSSR count). The van der Waals surface area contributed by atoms with Crippen molar-refractivity contribution in [3.63, 3.8) is 0 Å². The van der Waals surface area contributed by atoms with Crippen LogP contribution < -0.4 is 11.3 Å². The Labute approximate surface area is 128 Å². The zero-order valence-electron chi connectivity index (χ0n) is 11.3. The molecule has 3 N–H and O–H groups in total. The normalized spacial score (nSPS) is 10.9. The highest BCUT2D eigenvalue weighted by atomic mass is 35.5. The lowest BCUT2D eigenvalue weighted by molar-refractivity contribution is 0.635. The van der Waals surface area contributed by atoms with E-state index in [2.05, 4.69) is 29.2 Å². The molecule has 0 saturated heterocycles. The Morgan fingerprint density at radius 1 is 1.15 bits per heavy atom. The number of nitrogen functional groups attached to an aromatic ring is 1. The van der Waals surface area contributed by atoms with Crippen molar-refractivity contribution in [1.29, 1.82) is 0 Å². The number of nitrogens with two attached hydrogens (primary N) is 1. The second-order valence-corrected chi connectivity index (χ2v) is 5.75. The van der Waals surface area contributed by atoms with Crippen LogP contribution in [0.4, 0.5) is 5.82 Å². The van der Waals surface area contributed by atoms with Crippen molar-refractivity contribution in [2.45, 2.75) is 20.3 Å². The molecule has 0 bridgehead atoms. The van der Waals surface area contributed by atoms with Crippen molar-refractivity contribution in [3.8, 4) is 11.4 Å². The van der Waals surface area contributed by atoms with Crippen LogP contribution in [-0.4, -0.2) is 9.97 Å². The molecular formula is C14H16Cl2N4. The summed E-state index contributed by atoms with van der Waals surface area (Å²) < 4.78 is 0. The van der Waals surface area contributed by atoms with Gasteiger partial charge in [-0.25, -0.2) is 15.8 Å². The summed E-state index contributed by atoms with van der Waals surface area (Å²) in [5.74, 6) is 7.12. The van der Waals surface area contributed by atoms with Gasteiger partial charge in [0.25, 0.3) is 0 Å². The number of benzene rings is 1. The van der Waals surface area contributed by atoms with E-state index in [0.717, 1.165) is 17.7 Å². The van der Waals surface area contributed by atoms with Crippen molar-refractivity contribution in [3.05, 3.63) is 40.0 Å². The van der Waals surface area contributed by atoms with Crippen molar-refractivity contribution in [1.82, 2.24) is 9.97 Å². The van der Waals surface area contributed by atoms with Crippen molar-refractivity contribution >= 4 is 29.0 Å². The van der Waals surface area contributed by atoms with Gasteiger partial charge in [-0.2, -0.15) is 0 Å². The highest BCUT2D eigenvalue weighted by molar-refractivity contribution is 6.42. The predicted molar refractivity (Wildman–Crippen MR) is 83.8 cm³/mol. The lowest BCUT2D eigenvalue weighted by Crippen LogP contribution is -2.11. The monoisotopic (exact) mass is 310 g/mol. The van der Waals surface area contributed by atoms with E-state index in [-0.39, 0.29) is 0 Å². The summed E-state index contributed by atoms with van der Waals surface area (Å²) in [6.45, 7) is 4.27. The Balaban J connectivity index is 2.46. The number of rotatable bonds is 4. The maximum absolute atomic E-state index is 6.03. The number of nitrogens with zero attached hydrogens (tertiary/aromatic N) is 2. The first kappa shape index (κ1) is 15.0.